The van der Waals surface area contributed by atoms with Crippen LogP contribution in [0.2, 0.25) is 0 Å². The summed E-state index contributed by atoms with van der Waals surface area (Å²) in [7, 11) is 1.51. The first kappa shape index (κ1) is 34.5. The lowest BCUT2D eigenvalue weighted by Crippen LogP contribution is -2.45. The van der Waals surface area contributed by atoms with Gasteiger partial charge in [0.05, 0.1) is 5.56 Å². The zero-order chi connectivity index (χ0) is 32.4. The van der Waals surface area contributed by atoms with Gasteiger partial charge >= 0.3 is 6.18 Å². The van der Waals surface area contributed by atoms with Gasteiger partial charge in [0.2, 0.25) is 11.8 Å². The number of piperazine rings is 1. The number of likely N-dealkylation sites (N-methyl/N-ethyl adjacent to an activating group) is 1. The van der Waals surface area contributed by atoms with E-state index in [1.165, 1.54) is 37.4 Å². The third-order valence-electron chi connectivity index (χ3n) is 7.31. The maximum atomic E-state index is 14.1. The number of nitrogens with one attached hydrogen (secondary N) is 2. The van der Waals surface area contributed by atoms with Gasteiger partial charge in [-0.25, -0.2) is 4.99 Å². The van der Waals surface area contributed by atoms with Crippen LogP contribution in [0.15, 0.2) is 75.8 Å². The highest BCUT2D eigenvalue weighted by Gasteiger charge is 2.34. The van der Waals surface area contributed by atoms with E-state index in [9.17, 15) is 22.8 Å². The zero-order valence-electron chi connectivity index (χ0n) is 25.8. The van der Waals surface area contributed by atoms with E-state index in [4.69, 9.17) is 4.74 Å². The number of halogens is 3. The smallest absolute Gasteiger partial charge is 0.416 e. The van der Waals surface area contributed by atoms with Gasteiger partial charge in [-0.3, -0.25) is 19.5 Å². The van der Waals surface area contributed by atoms with E-state index < -0.39 is 17.6 Å². The molecule has 0 radical (unpaired) electrons. The molecule has 2 aliphatic rings. The number of carbonyl (C=O) groups is 2. The van der Waals surface area contributed by atoms with Crippen molar-refractivity contribution in [3.8, 4) is 0 Å². The Bertz CT molecular complexity index is 1360. The SMILES string of the molecule is C=C/C(=C\C(O/C(=C/C(=NC)NC(=O)C1CC1)N=C)=C(C)C)C(=O)Nc1ccc(CN2CCN(CC)CC2)c(C(F)(F)F)c1. The van der Waals surface area contributed by atoms with Gasteiger partial charge in [-0.15, -0.1) is 0 Å². The summed E-state index contributed by atoms with van der Waals surface area (Å²) in [4.78, 5) is 37.5. The monoisotopic (exact) mass is 614 g/mol. The van der Waals surface area contributed by atoms with Crippen molar-refractivity contribution in [3.05, 3.63) is 76.9 Å². The topological polar surface area (TPSA) is 98.6 Å². The van der Waals surface area contributed by atoms with Crippen LogP contribution in [-0.2, 0) is 27.0 Å². The number of alkyl halides is 3. The number of aliphatic imine (C=N–C) groups is 2. The van der Waals surface area contributed by atoms with Crippen molar-refractivity contribution in [3.63, 3.8) is 0 Å². The predicted molar refractivity (Wildman–Crippen MR) is 167 cm³/mol. The summed E-state index contributed by atoms with van der Waals surface area (Å²) in [5.41, 5.74) is 0.0619. The molecule has 9 nitrogen and oxygen atoms in total. The average molecular weight is 615 g/mol. The van der Waals surface area contributed by atoms with Crippen LogP contribution in [-0.4, -0.2) is 73.9 Å². The summed E-state index contributed by atoms with van der Waals surface area (Å²) in [5, 5.41) is 5.26. The van der Waals surface area contributed by atoms with Crippen LogP contribution >= 0.6 is 0 Å². The standard InChI is InChI=1S/C32H41F3N6O3/c1-7-22(17-27(21(3)4)44-29(37-6)19-28(36-5)39-31(43)23-9-10-23)30(42)38-25-12-11-24(26(18-25)32(33,34)35)20-41-15-13-40(8-2)14-16-41/h7,11-12,17-19,23H,1,6,8-10,13-16,20H2,2-5H3,(H,38,42)(H,36,39,43)/b22-17+,29-19+. The van der Waals surface area contributed by atoms with Crippen molar-refractivity contribution in [2.24, 2.45) is 15.9 Å². The molecular formula is C32H41F3N6O3. The number of anilines is 1. The molecule has 1 saturated heterocycles. The fraction of sp³-hybridized carbons (Fsp3) is 0.438. The molecule has 3 rings (SSSR count). The minimum absolute atomic E-state index is 0.00200. The van der Waals surface area contributed by atoms with Crippen molar-refractivity contribution in [2.75, 3.05) is 45.1 Å². The number of benzene rings is 1. The normalized spacial score (nSPS) is 17.1. The summed E-state index contributed by atoms with van der Waals surface area (Å²) >= 11 is 0. The van der Waals surface area contributed by atoms with Crippen molar-refractivity contribution >= 4 is 30.1 Å². The molecule has 0 bridgehead atoms. The summed E-state index contributed by atoms with van der Waals surface area (Å²) < 4.78 is 48.1. The minimum atomic E-state index is -4.60. The molecule has 1 saturated carbocycles. The van der Waals surface area contributed by atoms with Crippen molar-refractivity contribution in [1.82, 2.24) is 15.1 Å². The highest BCUT2D eigenvalue weighted by atomic mass is 19.4. The second-order valence-corrected chi connectivity index (χ2v) is 10.8. The Morgan fingerprint density at radius 2 is 1.77 bits per heavy atom. The van der Waals surface area contributed by atoms with Crippen LogP contribution < -0.4 is 10.6 Å². The molecule has 0 unspecified atom stereocenters. The predicted octanol–water partition coefficient (Wildman–Crippen LogP) is 5.30. The van der Waals surface area contributed by atoms with E-state index in [1.54, 1.807) is 13.8 Å². The number of carbonyl (C=O) groups excluding carboxylic acids is 2. The number of rotatable bonds is 12. The van der Waals surface area contributed by atoms with E-state index in [0.717, 1.165) is 38.5 Å². The van der Waals surface area contributed by atoms with Crippen molar-refractivity contribution in [2.45, 2.75) is 46.3 Å². The lowest BCUT2D eigenvalue weighted by molar-refractivity contribution is -0.138. The average Bonchev–Trinajstić information content (AvgIpc) is 3.84. The fourth-order valence-electron chi connectivity index (χ4n) is 4.47. The van der Waals surface area contributed by atoms with Gasteiger partial charge in [-0.05, 0) is 69.3 Å². The molecule has 2 amide bonds. The van der Waals surface area contributed by atoms with Crippen LogP contribution in [0, 0.1) is 5.92 Å². The lowest BCUT2D eigenvalue weighted by Gasteiger charge is -2.34. The zero-order valence-corrected chi connectivity index (χ0v) is 25.8. The Kier molecular flexibility index (Phi) is 12.2. The first-order valence-corrected chi connectivity index (χ1v) is 14.5. The number of ether oxygens (including phenoxy) is 1. The summed E-state index contributed by atoms with van der Waals surface area (Å²) in [6.07, 6.45) is 1.13. The third-order valence-corrected chi connectivity index (χ3v) is 7.31. The Hall–Kier alpha value is -4.03. The molecule has 0 atom stereocenters. The molecule has 2 N–H and O–H groups in total. The van der Waals surface area contributed by atoms with Crippen LogP contribution in [0.4, 0.5) is 18.9 Å². The van der Waals surface area contributed by atoms with Gasteiger partial charge in [0.25, 0.3) is 5.91 Å². The second-order valence-electron chi connectivity index (χ2n) is 10.8. The summed E-state index contributed by atoms with van der Waals surface area (Å²) in [5.74, 6) is -0.378. The number of amides is 2. The lowest BCUT2D eigenvalue weighted by atomic mass is 10.0. The summed E-state index contributed by atoms with van der Waals surface area (Å²) in [6.45, 7) is 16.8. The molecule has 1 aromatic rings. The second kappa shape index (κ2) is 15.6. The number of hydrogen-bond acceptors (Lipinski definition) is 7. The summed E-state index contributed by atoms with van der Waals surface area (Å²) in [6, 6.07) is 3.83. The number of nitrogens with zero attached hydrogens (tertiary/aromatic N) is 4. The molecule has 0 aromatic heterocycles. The molecule has 44 heavy (non-hydrogen) atoms. The van der Waals surface area contributed by atoms with Crippen molar-refractivity contribution in [1.29, 1.82) is 0 Å². The van der Waals surface area contributed by atoms with Gasteiger partial charge in [0.1, 0.15) is 11.6 Å². The van der Waals surface area contributed by atoms with Gasteiger partial charge in [-0.1, -0.05) is 25.6 Å². The molecule has 238 valence electrons. The quantitative estimate of drug-likeness (QED) is 0.110. The molecule has 1 aliphatic carbocycles. The molecular weight excluding hydrogens is 573 g/mol. The van der Waals surface area contributed by atoms with E-state index in [2.05, 4.69) is 45.7 Å². The Labute approximate surface area is 256 Å². The molecule has 0 spiro atoms. The van der Waals surface area contributed by atoms with E-state index >= 15 is 0 Å². The molecule has 1 aliphatic heterocycles. The maximum Gasteiger partial charge on any atom is 0.416 e. The van der Waals surface area contributed by atoms with Crippen LogP contribution in [0.3, 0.4) is 0 Å². The van der Waals surface area contributed by atoms with Crippen molar-refractivity contribution < 1.29 is 27.5 Å². The number of allylic oxidation sites excluding steroid dienone is 2. The van der Waals surface area contributed by atoms with Crippen LogP contribution in [0.25, 0.3) is 0 Å². The third kappa shape index (κ3) is 10.0. The Morgan fingerprint density at radius 1 is 1.11 bits per heavy atom. The molecule has 1 heterocycles. The van der Waals surface area contributed by atoms with E-state index in [0.29, 0.717) is 18.7 Å². The number of amidine groups is 1. The van der Waals surface area contributed by atoms with E-state index in [-0.39, 0.29) is 52.7 Å². The van der Waals surface area contributed by atoms with Crippen LogP contribution in [0.1, 0.15) is 44.7 Å². The highest BCUT2D eigenvalue weighted by Crippen LogP contribution is 2.35. The minimum Gasteiger partial charge on any atom is -0.439 e. The van der Waals surface area contributed by atoms with E-state index in [1.807, 2.05) is 4.90 Å². The molecule has 2 fully saturated rings. The maximum absolute atomic E-state index is 14.1. The number of hydrogen-bond donors (Lipinski definition) is 2. The highest BCUT2D eigenvalue weighted by molar-refractivity contribution is 6.06. The fourth-order valence-corrected chi connectivity index (χ4v) is 4.47. The van der Waals surface area contributed by atoms with Gasteiger partial charge in [0.15, 0.2) is 0 Å². The molecule has 1 aromatic carbocycles. The van der Waals surface area contributed by atoms with Crippen LogP contribution in [0.5, 0.6) is 0 Å². The first-order valence-electron chi connectivity index (χ1n) is 14.5. The largest absolute Gasteiger partial charge is 0.439 e. The Morgan fingerprint density at radius 3 is 2.30 bits per heavy atom. The van der Waals surface area contributed by atoms with Gasteiger partial charge < -0.3 is 20.3 Å². The Balaban J connectivity index is 1.77. The molecule has 12 heteroatoms. The first-order chi connectivity index (χ1) is 20.9. The van der Waals surface area contributed by atoms with Gasteiger partial charge in [0, 0.05) is 63.0 Å². The van der Waals surface area contributed by atoms with Gasteiger partial charge in [-0.2, -0.15) is 13.2 Å².